The van der Waals surface area contributed by atoms with Crippen LogP contribution in [0.4, 0.5) is 4.39 Å². The number of carbonyl (C=O) groups is 3. The highest BCUT2D eigenvalue weighted by Gasteiger charge is 2.75. The fraction of sp³-hybridized carbons (Fsp3) is 0.621. The van der Waals surface area contributed by atoms with Crippen LogP contribution in [0.25, 0.3) is 0 Å². The van der Waals surface area contributed by atoms with Crippen LogP contribution in [-0.4, -0.2) is 70.2 Å². The van der Waals surface area contributed by atoms with Crippen molar-refractivity contribution < 1.29 is 33.7 Å². The summed E-state index contributed by atoms with van der Waals surface area (Å²) in [6.07, 6.45) is 9.28. The third-order valence-corrected chi connectivity index (χ3v) is 10.3. The van der Waals surface area contributed by atoms with E-state index >= 15 is 4.39 Å². The molecule has 8 atom stereocenters. The average molecular weight is 514 g/mol. The van der Waals surface area contributed by atoms with E-state index in [4.69, 9.17) is 4.74 Å². The van der Waals surface area contributed by atoms with Crippen LogP contribution < -0.4 is 0 Å². The Morgan fingerprint density at radius 2 is 1.97 bits per heavy atom. The van der Waals surface area contributed by atoms with E-state index < -0.39 is 58.4 Å². The predicted octanol–water partition coefficient (Wildman–Crippen LogP) is 2.83. The van der Waals surface area contributed by atoms with Crippen LogP contribution in [0.2, 0.25) is 0 Å². The second-order valence-electron chi connectivity index (χ2n) is 12.1. The second-order valence-corrected chi connectivity index (χ2v) is 12.1. The van der Waals surface area contributed by atoms with Crippen molar-refractivity contribution in [3.8, 4) is 0 Å². The van der Waals surface area contributed by atoms with Gasteiger partial charge in [0.2, 0.25) is 5.78 Å². The van der Waals surface area contributed by atoms with E-state index in [2.05, 4.69) is 0 Å². The molecule has 0 radical (unpaired) electrons. The van der Waals surface area contributed by atoms with Crippen LogP contribution in [0.15, 0.2) is 47.7 Å². The predicted molar refractivity (Wildman–Crippen MR) is 134 cm³/mol. The minimum absolute atomic E-state index is 0.117. The number of alkyl halides is 1. The smallest absolute Gasteiger partial charge is 0.340 e. The standard InChI is InChI=1S/C29H36FNO6/c1-17-12-22-21-8-7-19-13-20(32)9-10-26(19,2)28(21,30)23(33)14-27(22,3)29(17,36)24(34)16-37-25(35)18-6-5-11-31(4)15-18/h5-6,9-10,13,15,17,21-23,33,36H,7-8,11-12,14,16H2,1-4H3/t17-,21+,22+,23+,26+,27+,28?,29+/m1/s1. The number of Topliss-reactive ketones (excluding diaryl/α,β-unsaturated/α-hetero) is 1. The number of allylic oxidation sites excluding steroid dienone is 4. The van der Waals surface area contributed by atoms with E-state index in [0.29, 0.717) is 37.0 Å². The Morgan fingerprint density at radius 3 is 2.68 bits per heavy atom. The topological polar surface area (TPSA) is 104 Å². The number of esters is 1. The Hall–Kier alpha value is -2.58. The highest BCUT2D eigenvalue weighted by molar-refractivity contribution is 6.01. The summed E-state index contributed by atoms with van der Waals surface area (Å²) in [5, 5.41) is 23.4. The normalized spacial score (nSPS) is 44.4. The zero-order valence-electron chi connectivity index (χ0n) is 21.9. The molecule has 5 aliphatic rings. The van der Waals surface area contributed by atoms with Gasteiger partial charge in [-0.1, -0.05) is 31.6 Å². The molecule has 3 fully saturated rings. The van der Waals surface area contributed by atoms with Crippen LogP contribution >= 0.6 is 0 Å². The lowest BCUT2D eigenvalue weighted by Gasteiger charge is -2.62. The Bertz CT molecular complexity index is 1170. The van der Waals surface area contributed by atoms with E-state index in [1.54, 1.807) is 39.1 Å². The molecular weight excluding hydrogens is 477 g/mol. The minimum atomic E-state index is -2.04. The van der Waals surface area contributed by atoms with Crippen LogP contribution in [0, 0.1) is 28.6 Å². The Morgan fingerprint density at radius 1 is 1.24 bits per heavy atom. The number of ether oxygens (including phenoxy) is 1. The molecular formula is C29H36FNO6. The summed E-state index contributed by atoms with van der Waals surface area (Å²) in [5.41, 5.74) is -5.17. The lowest BCUT2D eigenvalue weighted by Crippen LogP contribution is -2.69. The number of hydrogen-bond acceptors (Lipinski definition) is 7. The van der Waals surface area contributed by atoms with Gasteiger partial charge in [0, 0.05) is 36.5 Å². The first-order chi connectivity index (χ1) is 17.3. The van der Waals surface area contributed by atoms with E-state index in [0.717, 1.165) is 0 Å². The number of aliphatic hydroxyl groups excluding tert-OH is 1. The lowest BCUT2D eigenvalue weighted by molar-refractivity contribution is -0.219. The molecule has 0 bridgehead atoms. The molecule has 1 aliphatic heterocycles. The molecule has 200 valence electrons. The van der Waals surface area contributed by atoms with Crippen molar-refractivity contribution in [2.45, 2.75) is 63.8 Å². The van der Waals surface area contributed by atoms with Gasteiger partial charge in [-0.25, -0.2) is 9.18 Å². The summed E-state index contributed by atoms with van der Waals surface area (Å²) in [4.78, 5) is 39.9. The Kier molecular flexibility index (Phi) is 5.96. The molecule has 7 nitrogen and oxygen atoms in total. The Labute approximate surface area is 216 Å². The number of likely N-dealkylation sites (N-methyl/N-ethyl adjacent to an activating group) is 1. The van der Waals surface area contributed by atoms with E-state index in [-0.39, 0.29) is 18.1 Å². The number of carbonyl (C=O) groups excluding carboxylic acids is 3. The van der Waals surface area contributed by atoms with Crippen LogP contribution in [0.1, 0.15) is 46.5 Å². The van der Waals surface area contributed by atoms with Crippen molar-refractivity contribution in [2.75, 3.05) is 20.2 Å². The van der Waals surface area contributed by atoms with Gasteiger partial charge in [-0.2, -0.15) is 0 Å². The summed E-state index contributed by atoms with van der Waals surface area (Å²) in [7, 11) is 1.82. The maximum atomic E-state index is 17.2. The van der Waals surface area contributed by atoms with E-state index in [9.17, 15) is 24.6 Å². The van der Waals surface area contributed by atoms with Crippen molar-refractivity contribution >= 4 is 17.5 Å². The van der Waals surface area contributed by atoms with E-state index in [1.807, 2.05) is 18.0 Å². The van der Waals surface area contributed by atoms with Crippen molar-refractivity contribution in [1.82, 2.24) is 4.90 Å². The number of fused-ring (bicyclic) bond motifs is 5. The summed E-state index contributed by atoms with van der Waals surface area (Å²) in [6, 6.07) is 0. The molecule has 0 aromatic heterocycles. The number of rotatable bonds is 4. The quantitative estimate of drug-likeness (QED) is 0.557. The van der Waals surface area contributed by atoms with Gasteiger partial charge in [0.1, 0.15) is 5.60 Å². The third-order valence-electron chi connectivity index (χ3n) is 10.3. The van der Waals surface area contributed by atoms with Gasteiger partial charge in [0.05, 0.1) is 11.7 Å². The molecule has 0 spiro atoms. The molecule has 0 saturated heterocycles. The van der Waals surface area contributed by atoms with Crippen LogP contribution in [-0.2, 0) is 19.1 Å². The fourth-order valence-corrected chi connectivity index (χ4v) is 8.26. The molecule has 2 N–H and O–H groups in total. The molecule has 0 aromatic carbocycles. The summed E-state index contributed by atoms with van der Waals surface area (Å²) >= 11 is 0. The molecule has 37 heavy (non-hydrogen) atoms. The highest BCUT2D eigenvalue weighted by Crippen LogP contribution is 2.70. The molecule has 1 unspecified atom stereocenters. The molecule has 4 aliphatic carbocycles. The Balaban J connectivity index is 1.42. The first-order valence-electron chi connectivity index (χ1n) is 13.1. The van der Waals surface area contributed by atoms with Crippen molar-refractivity contribution in [3.63, 3.8) is 0 Å². The van der Waals surface area contributed by atoms with Gasteiger partial charge in [-0.05, 0) is 62.7 Å². The number of hydrogen-bond donors (Lipinski definition) is 2. The van der Waals surface area contributed by atoms with Crippen molar-refractivity contribution in [2.24, 2.45) is 28.6 Å². The van der Waals surface area contributed by atoms with Crippen molar-refractivity contribution in [3.05, 3.63) is 47.7 Å². The van der Waals surface area contributed by atoms with Gasteiger partial charge in [-0.15, -0.1) is 0 Å². The third kappa shape index (κ3) is 3.41. The number of halogens is 1. The molecule has 0 aromatic rings. The SMILES string of the molecule is C[C@@H]1C[C@H]2[C@@H]3CCC4=CC(=O)C=C[C@]4(C)C3(F)[C@@H](O)C[C@]2(C)[C@@]1(O)C(=O)COC(=O)C1=CN(C)CC=C1. The number of aliphatic hydroxyl groups is 2. The van der Waals surface area contributed by atoms with Gasteiger partial charge in [0.25, 0.3) is 0 Å². The molecule has 0 amide bonds. The van der Waals surface area contributed by atoms with Gasteiger partial charge >= 0.3 is 5.97 Å². The molecule has 1 heterocycles. The molecule has 5 rings (SSSR count). The zero-order valence-corrected chi connectivity index (χ0v) is 21.9. The number of ketones is 2. The molecule has 8 heteroatoms. The van der Waals surface area contributed by atoms with Gasteiger partial charge in [-0.3, -0.25) is 9.59 Å². The summed E-state index contributed by atoms with van der Waals surface area (Å²) in [5.74, 6) is -2.96. The minimum Gasteiger partial charge on any atom is -0.454 e. The second kappa shape index (κ2) is 8.46. The van der Waals surface area contributed by atoms with Gasteiger partial charge < -0.3 is 19.8 Å². The molecule has 3 saturated carbocycles. The summed E-state index contributed by atoms with van der Waals surface area (Å²) in [6.45, 7) is 5.33. The first-order valence-corrected chi connectivity index (χ1v) is 13.1. The maximum Gasteiger partial charge on any atom is 0.340 e. The number of nitrogens with zero attached hydrogens (tertiary/aromatic N) is 1. The largest absolute Gasteiger partial charge is 0.454 e. The first kappa shape index (κ1) is 26.0. The van der Waals surface area contributed by atoms with E-state index in [1.165, 1.54) is 12.2 Å². The lowest BCUT2D eigenvalue weighted by atomic mass is 9.44. The van der Waals surface area contributed by atoms with Crippen LogP contribution in [0.5, 0.6) is 0 Å². The summed E-state index contributed by atoms with van der Waals surface area (Å²) < 4.78 is 22.5. The maximum absolute atomic E-state index is 17.2. The zero-order chi connectivity index (χ0) is 27.0. The average Bonchev–Trinajstić information content (AvgIpc) is 3.05. The fourth-order valence-electron chi connectivity index (χ4n) is 8.26. The highest BCUT2D eigenvalue weighted by atomic mass is 19.1. The van der Waals surface area contributed by atoms with Crippen LogP contribution in [0.3, 0.4) is 0 Å². The van der Waals surface area contributed by atoms with Crippen molar-refractivity contribution in [1.29, 1.82) is 0 Å². The van der Waals surface area contributed by atoms with Gasteiger partial charge in [0.15, 0.2) is 18.1 Å². The monoisotopic (exact) mass is 513 g/mol.